The predicted molar refractivity (Wildman–Crippen MR) is 66.5 cm³/mol. The molecule has 1 aliphatic heterocycles. The van der Waals surface area contributed by atoms with Crippen LogP contribution in [-0.4, -0.2) is 25.9 Å². The Kier molecular flexibility index (Phi) is 4.21. The number of hydrogen-bond acceptors (Lipinski definition) is 3. The molecular formula is C12H16BrNO2. The van der Waals surface area contributed by atoms with Crippen LogP contribution in [0.15, 0.2) is 28.7 Å². The summed E-state index contributed by atoms with van der Waals surface area (Å²) in [5.41, 5.74) is 6.04. The minimum absolute atomic E-state index is 0.0612. The fraction of sp³-hybridized carbons (Fsp3) is 0.500. The van der Waals surface area contributed by atoms with Crippen molar-refractivity contribution in [3.05, 3.63) is 28.7 Å². The van der Waals surface area contributed by atoms with E-state index in [1.54, 1.807) is 0 Å². The normalized spacial score (nSPS) is 22.0. The van der Waals surface area contributed by atoms with E-state index in [0.717, 1.165) is 29.9 Å². The van der Waals surface area contributed by atoms with Crippen LogP contribution in [0, 0.1) is 5.92 Å². The van der Waals surface area contributed by atoms with Crippen molar-refractivity contribution >= 4 is 15.9 Å². The van der Waals surface area contributed by atoms with Crippen molar-refractivity contribution in [2.75, 3.05) is 19.8 Å². The van der Waals surface area contributed by atoms with E-state index in [9.17, 15) is 0 Å². The first-order valence-corrected chi connectivity index (χ1v) is 6.26. The second-order valence-corrected chi connectivity index (χ2v) is 4.97. The molecule has 1 saturated heterocycles. The second kappa shape index (κ2) is 5.66. The molecule has 1 aromatic rings. The zero-order chi connectivity index (χ0) is 11.4. The third-order valence-electron chi connectivity index (χ3n) is 2.83. The van der Waals surface area contributed by atoms with Gasteiger partial charge in [-0.15, -0.1) is 0 Å². The molecule has 0 spiro atoms. The van der Waals surface area contributed by atoms with Gasteiger partial charge in [-0.2, -0.15) is 0 Å². The lowest BCUT2D eigenvalue weighted by Crippen LogP contribution is -2.36. The molecule has 88 valence electrons. The standard InChI is InChI=1S/C12H16BrNO2/c13-10-1-3-11(4-2-10)16-8-12(14)9-5-6-15-7-9/h1-4,9,12H,5-8,14H2. The summed E-state index contributed by atoms with van der Waals surface area (Å²) in [7, 11) is 0. The average Bonchev–Trinajstić information content (AvgIpc) is 2.81. The molecule has 16 heavy (non-hydrogen) atoms. The van der Waals surface area contributed by atoms with Crippen LogP contribution in [-0.2, 0) is 4.74 Å². The maximum Gasteiger partial charge on any atom is 0.119 e. The van der Waals surface area contributed by atoms with Gasteiger partial charge in [0.05, 0.1) is 6.61 Å². The van der Waals surface area contributed by atoms with E-state index in [2.05, 4.69) is 15.9 Å². The minimum atomic E-state index is 0.0612. The first-order valence-electron chi connectivity index (χ1n) is 5.47. The highest BCUT2D eigenvalue weighted by Gasteiger charge is 2.23. The van der Waals surface area contributed by atoms with Gasteiger partial charge >= 0.3 is 0 Å². The predicted octanol–water partition coefficient (Wildman–Crippen LogP) is 2.19. The molecule has 2 N–H and O–H groups in total. The summed E-state index contributed by atoms with van der Waals surface area (Å²) in [5.74, 6) is 1.30. The van der Waals surface area contributed by atoms with Crippen molar-refractivity contribution in [2.24, 2.45) is 11.7 Å². The Morgan fingerprint density at radius 1 is 1.44 bits per heavy atom. The number of halogens is 1. The number of rotatable bonds is 4. The van der Waals surface area contributed by atoms with E-state index in [0.29, 0.717) is 12.5 Å². The second-order valence-electron chi connectivity index (χ2n) is 4.05. The third kappa shape index (κ3) is 3.20. The lowest BCUT2D eigenvalue weighted by Gasteiger charge is -2.18. The van der Waals surface area contributed by atoms with E-state index in [1.807, 2.05) is 24.3 Å². The Labute approximate surface area is 104 Å². The molecule has 1 aromatic carbocycles. The van der Waals surface area contributed by atoms with Gasteiger partial charge in [0.25, 0.3) is 0 Å². The molecule has 4 heteroatoms. The Hall–Kier alpha value is -0.580. The number of nitrogens with two attached hydrogens (primary N) is 1. The Morgan fingerprint density at radius 2 is 2.19 bits per heavy atom. The third-order valence-corrected chi connectivity index (χ3v) is 3.36. The summed E-state index contributed by atoms with van der Waals surface area (Å²) in [6.45, 7) is 2.15. The molecule has 0 saturated carbocycles. The van der Waals surface area contributed by atoms with Gasteiger partial charge in [-0.1, -0.05) is 15.9 Å². The Balaban J connectivity index is 1.80. The Bertz CT molecular complexity index is 322. The molecule has 1 heterocycles. The molecule has 1 fully saturated rings. The summed E-state index contributed by atoms with van der Waals surface area (Å²) < 4.78 is 12.0. The zero-order valence-electron chi connectivity index (χ0n) is 9.06. The minimum Gasteiger partial charge on any atom is -0.492 e. The maximum absolute atomic E-state index is 6.04. The molecule has 1 aliphatic rings. The zero-order valence-corrected chi connectivity index (χ0v) is 10.7. The van der Waals surface area contributed by atoms with Crippen molar-refractivity contribution in [3.63, 3.8) is 0 Å². The first kappa shape index (κ1) is 11.9. The molecule has 0 amide bonds. The van der Waals surface area contributed by atoms with Gasteiger partial charge in [0.2, 0.25) is 0 Å². The van der Waals surface area contributed by atoms with Crippen LogP contribution in [0.2, 0.25) is 0 Å². The lowest BCUT2D eigenvalue weighted by atomic mass is 10.0. The van der Waals surface area contributed by atoms with Crippen LogP contribution < -0.4 is 10.5 Å². The van der Waals surface area contributed by atoms with Crippen LogP contribution in [0.25, 0.3) is 0 Å². The van der Waals surface area contributed by atoms with Crippen LogP contribution in [0.5, 0.6) is 5.75 Å². The highest BCUT2D eigenvalue weighted by molar-refractivity contribution is 9.10. The van der Waals surface area contributed by atoms with Crippen molar-refractivity contribution in [2.45, 2.75) is 12.5 Å². The molecular weight excluding hydrogens is 270 g/mol. The topological polar surface area (TPSA) is 44.5 Å². The SMILES string of the molecule is NC(COc1ccc(Br)cc1)C1CCOC1. The monoisotopic (exact) mass is 285 g/mol. The summed E-state index contributed by atoms with van der Waals surface area (Å²) in [6.07, 6.45) is 1.05. The van der Waals surface area contributed by atoms with Gasteiger partial charge in [0.15, 0.2) is 0 Å². The smallest absolute Gasteiger partial charge is 0.119 e. The van der Waals surface area contributed by atoms with Crippen molar-refractivity contribution in [3.8, 4) is 5.75 Å². The summed E-state index contributed by atoms with van der Waals surface area (Å²) in [6, 6.07) is 7.84. The van der Waals surface area contributed by atoms with E-state index in [-0.39, 0.29) is 6.04 Å². The van der Waals surface area contributed by atoms with Crippen molar-refractivity contribution in [1.29, 1.82) is 0 Å². The van der Waals surface area contributed by atoms with Gasteiger partial charge < -0.3 is 15.2 Å². The largest absolute Gasteiger partial charge is 0.492 e. The molecule has 3 nitrogen and oxygen atoms in total. The van der Waals surface area contributed by atoms with Crippen molar-refractivity contribution in [1.82, 2.24) is 0 Å². The van der Waals surface area contributed by atoms with E-state index in [4.69, 9.17) is 15.2 Å². The Morgan fingerprint density at radius 3 is 2.81 bits per heavy atom. The molecule has 2 unspecified atom stereocenters. The first-order chi connectivity index (χ1) is 7.75. The molecule has 0 radical (unpaired) electrons. The van der Waals surface area contributed by atoms with Crippen LogP contribution in [0.1, 0.15) is 6.42 Å². The fourth-order valence-electron chi connectivity index (χ4n) is 1.75. The summed E-state index contributed by atoms with van der Waals surface area (Å²) in [4.78, 5) is 0. The van der Waals surface area contributed by atoms with Gasteiger partial charge in [-0.3, -0.25) is 0 Å². The lowest BCUT2D eigenvalue weighted by molar-refractivity contribution is 0.170. The number of benzene rings is 1. The van der Waals surface area contributed by atoms with Gasteiger partial charge in [-0.05, 0) is 30.7 Å². The van der Waals surface area contributed by atoms with Crippen molar-refractivity contribution < 1.29 is 9.47 Å². The van der Waals surface area contributed by atoms with E-state index >= 15 is 0 Å². The molecule has 0 bridgehead atoms. The maximum atomic E-state index is 6.04. The van der Waals surface area contributed by atoms with Crippen LogP contribution >= 0.6 is 15.9 Å². The highest BCUT2D eigenvalue weighted by atomic mass is 79.9. The van der Waals surface area contributed by atoms with Crippen LogP contribution in [0.4, 0.5) is 0 Å². The molecule has 2 atom stereocenters. The average molecular weight is 286 g/mol. The van der Waals surface area contributed by atoms with Crippen LogP contribution in [0.3, 0.4) is 0 Å². The van der Waals surface area contributed by atoms with Gasteiger partial charge in [-0.25, -0.2) is 0 Å². The van der Waals surface area contributed by atoms with Gasteiger partial charge in [0, 0.05) is 23.0 Å². The van der Waals surface area contributed by atoms with E-state index in [1.165, 1.54) is 0 Å². The molecule has 0 aromatic heterocycles. The molecule has 2 rings (SSSR count). The summed E-state index contributed by atoms with van der Waals surface area (Å²) >= 11 is 3.38. The number of ether oxygens (including phenoxy) is 2. The fourth-order valence-corrected chi connectivity index (χ4v) is 2.01. The highest BCUT2D eigenvalue weighted by Crippen LogP contribution is 2.19. The van der Waals surface area contributed by atoms with Gasteiger partial charge in [0.1, 0.15) is 12.4 Å². The van der Waals surface area contributed by atoms with E-state index < -0.39 is 0 Å². The number of hydrogen-bond donors (Lipinski definition) is 1. The summed E-state index contributed by atoms with van der Waals surface area (Å²) in [5, 5.41) is 0. The quantitative estimate of drug-likeness (QED) is 0.922. The molecule has 0 aliphatic carbocycles.